The highest BCUT2D eigenvalue weighted by Gasteiger charge is 2.45. The first-order valence-corrected chi connectivity index (χ1v) is 8.55. The van der Waals surface area contributed by atoms with E-state index in [9.17, 15) is 5.11 Å². The van der Waals surface area contributed by atoms with Gasteiger partial charge in [-0.2, -0.15) is 0 Å². The first kappa shape index (κ1) is 12.8. The fourth-order valence-corrected chi connectivity index (χ4v) is 2.32. The lowest BCUT2D eigenvalue weighted by Crippen LogP contribution is -2.51. The van der Waals surface area contributed by atoms with Gasteiger partial charge >= 0.3 is 0 Å². The molecule has 0 aliphatic rings. The molecule has 0 aromatic rings. The quantitative estimate of drug-likeness (QED) is 0.579. The first-order chi connectivity index (χ1) is 5.23. The molecule has 1 unspecified atom stereocenters. The summed E-state index contributed by atoms with van der Waals surface area (Å²) in [5.41, 5.74) is 0. The molecule has 0 bridgehead atoms. The molecule has 0 amide bonds. The topological polar surface area (TPSA) is 20.2 Å². The van der Waals surface area contributed by atoms with E-state index in [2.05, 4.69) is 19.6 Å². The minimum Gasteiger partial charge on any atom is -0.390 e. The summed E-state index contributed by atoms with van der Waals surface area (Å²) < 4.78 is -0.914. The summed E-state index contributed by atoms with van der Waals surface area (Å²) in [6, 6.07) is 0. The molecule has 0 saturated heterocycles. The lowest BCUT2D eigenvalue weighted by atomic mass is 10.2. The van der Waals surface area contributed by atoms with Crippen molar-refractivity contribution in [3.63, 3.8) is 0 Å². The Labute approximate surface area is 86.1 Å². The average Bonchev–Trinajstić information content (AvgIpc) is 1.85. The van der Waals surface area contributed by atoms with Gasteiger partial charge in [-0.15, -0.1) is 23.2 Å². The van der Waals surface area contributed by atoms with Gasteiger partial charge in [0, 0.05) is 0 Å². The van der Waals surface area contributed by atoms with Crippen LogP contribution in [0.2, 0.25) is 19.6 Å². The third-order valence-corrected chi connectivity index (χ3v) is 8.22. The first-order valence-electron chi connectivity index (χ1n) is 4.29. The van der Waals surface area contributed by atoms with Crippen LogP contribution in [0, 0.1) is 0 Å². The summed E-state index contributed by atoms with van der Waals surface area (Å²) in [7, 11) is -1.70. The van der Waals surface area contributed by atoms with Gasteiger partial charge in [0.15, 0.2) is 0 Å². The van der Waals surface area contributed by atoms with Gasteiger partial charge in [-0.05, 0) is 6.42 Å². The fourth-order valence-electron chi connectivity index (χ4n) is 0.955. The van der Waals surface area contributed by atoms with Crippen LogP contribution in [-0.2, 0) is 0 Å². The molecule has 0 spiro atoms. The number of aliphatic hydroxyl groups excluding tert-OH is 1. The molecular weight excluding hydrogens is 211 g/mol. The summed E-state index contributed by atoms with van der Waals surface area (Å²) in [6.45, 7) is 8.20. The van der Waals surface area contributed by atoms with Gasteiger partial charge < -0.3 is 5.11 Å². The maximum Gasteiger partial charge on any atom is 0.132 e. The van der Waals surface area contributed by atoms with Crippen molar-refractivity contribution >= 4 is 31.3 Å². The lowest BCUT2D eigenvalue weighted by Gasteiger charge is -2.36. The number of alkyl halides is 2. The van der Waals surface area contributed by atoms with Crippen LogP contribution in [-0.4, -0.2) is 23.2 Å². The van der Waals surface area contributed by atoms with Gasteiger partial charge in [0.25, 0.3) is 0 Å². The molecule has 0 radical (unpaired) electrons. The molecule has 0 aromatic heterocycles. The molecule has 1 atom stereocenters. The Balaban J connectivity index is 4.38. The van der Waals surface area contributed by atoms with Gasteiger partial charge in [-0.25, -0.2) is 0 Å². The van der Waals surface area contributed by atoms with E-state index in [1.54, 1.807) is 0 Å². The zero-order chi connectivity index (χ0) is 9.99. The van der Waals surface area contributed by atoms with Gasteiger partial charge in [-0.3, -0.25) is 0 Å². The second kappa shape index (κ2) is 4.31. The molecule has 0 heterocycles. The van der Waals surface area contributed by atoms with Crippen molar-refractivity contribution in [1.82, 2.24) is 0 Å². The van der Waals surface area contributed by atoms with E-state index in [0.717, 1.165) is 6.42 Å². The standard InChI is InChI=1S/C8H18Cl2OSi/c1-5-6-7(11)8(9,10)12(2,3)4/h7,11H,5-6H2,1-4H3. The highest BCUT2D eigenvalue weighted by Crippen LogP contribution is 2.37. The van der Waals surface area contributed by atoms with Crippen LogP contribution in [0.3, 0.4) is 0 Å². The SMILES string of the molecule is CCCC(O)C(Cl)(Cl)[Si](C)(C)C. The predicted octanol–water partition coefficient (Wildman–Crippen LogP) is 3.20. The monoisotopic (exact) mass is 228 g/mol. The Bertz CT molecular complexity index is 142. The Morgan fingerprint density at radius 2 is 1.75 bits per heavy atom. The highest BCUT2D eigenvalue weighted by molar-refractivity contribution is 6.94. The predicted molar refractivity (Wildman–Crippen MR) is 58.7 cm³/mol. The smallest absolute Gasteiger partial charge is 0.132 e. The van der Waals surface area contributed by atoms with Gasteiger partial charge in [0.05, 0.1) is 14.2 Å². The zero-order valence-corrected chi connectivity index (χ0v) is 10.7. The van der Waals surface area contributed by atoms with Gasteiger partial charge in [-0.1, -0.05) is 33.0 Å². The Hall–Kier alpha value is 0.757. The second-order valence-electron chi connectivity index (χ2n) is 4.18. The van der Waals surface area contributed by atoms with Crippen LogP contribution < -0.4 is 0 Å². The maximum atomic E-state index is 9.68. The van der Waals surface area contributed by atoms with Crippen molar-refractivity contribution in [3.8, 4) is 0 Å². The molecule has 4 heteroatoms. The molecule has 12 heavy (non-hydrogen) atoms. The molecule has 74 valence electrons. The number of hydrogen-bond acceptors (Lipinski definition) is 1. The molecule has 0 aliphatic heterocycles. The zero-order valence-electron chi connectivity index (χ0n) is 8.19. The van der Waals surface area contributed by atoms with Crippen molar-refractivity contribution in [2.75, 3.05) is 0 Å². The molecule has 0 fully saturated rings. The van der Waals surface area contributed by atoms with Crippen LogP contribution >= 0.6 is 23.2 Å². The van der Waals surface area contributed by atoms with Gasteiger partial charge in [0.1, 0.15) is 3.96 Å². The van der Waals surface area contributed by atoms with Crippen LogP contribution in [0.1, 0.15) is 19.8 Å². The van der Waals surface area contributed by atoms with Crippen molar-refractivity contribution in [3.05, 3.63) is 0 Å². The summed E-state index contributed by atoms with van der Waals surface area (Å²) in [6.07, 6.45) is 1.00. The molecule has 0 rings (SSSR count). The molecule has 0 saturated carbocycles. The Morgan fingerprint density at radius 1 is 1.33 bits per heavy atom. The largest absolute Gasteiger partial charge is 0.390 e. The summed E-state index contributed by atoms with van der Waals surface area (Å²) in [5, 5.41) is 9.68. The Morgan fingerprint density at radius 3 is 2.00 bits per heavy atom. The van der Waals surface area contributed by atoms with Crippen molar-refractivity contribution in [2.24, 2.45) is 0 Å². The van der Waals surface area contributed by atoms with Crippen LogP contribution in [0.4, 0.5) is 0 Å². The summed E-state index contributed by atoms with van der Waals surface area (Å²) in [4.78, 5) is 0. The van der Waals surface area contributed by atoms with Crippen molar-refractivity contribution in [1.29, 1.82) is 0 Å². The number of aliphatic hydroxyl groups is 1. The maximum absolute atomic E-state index is 9.68. The van der Waals surface area contributed by atoms with E-state index in [1.165, 1.54) is 0 Å². The van der Waals surface area contributed by atoms with Crippen molar-refractivity contribution in [2.45, 2.75) is 49.5 Å². The van der Waals surface area contributed by atoms with E-state index in [1.807, 2.05) is 6.92 Å². The number of hydrogen-bond donors (Lipinski definition) is 1. The number of halogens is 2. The molecule has 1 nitrogen and oxygen atoms in total. The van der Waals surface area contributed by atoms with Gasteiger partial charge in [0.2, 0.25) is 0 Å². The van der Waals surface area contributed by atoms with E-state index >= 15 is 0 Å². The third-order valence-electron chi connectivity index (χ3n) is 1.98. The minimum atomic E-state index is -1.70. The van der Waals surface area contributed by atoms with Crippen LogP contribution in [0.25, 0.3) is 0 Å². The molecule has 1 N–H and O–H groups in total. The summed E-state index contributed by atoms with van der Waals surface area (Å²) in [5.74, 6) is 0. The van der Waals surface area contributed by atoms with E-state index in [-0.39, 0.29) is 0 Å². The molecular formula is C8H18Cl2OSi. The highest BCUT2D eigenvalue weighted by atomic mass is 35.5. The average molecular weight is 229 g/mol. The molecule has 0 aliphatic carbocycles. The Kier molecular flexibility index (Phi) is 4.59. The molecule has 0 aromatic carbocycles. The lowest BCUT2D eigenvalue weighted by molar-refractivity contribution is 0.164. The van der Waals surface area contributed by atoms with E-state index in [0.29, 0.717) is 6.42 Å². The normalized spacial score (nSPS) is 16.2. The van der Waals surface area contributed by atoms with E-state index in [4.69, 9.17) is 23.2 Å². The summed E-state index contributed by atoms with van der Waals surface area (Å²) >= 11 is 12.2. The third kappa shape index (κ3) is 2.91. The van der Waals surface area contributed by atoms with Crippen molar-refractivity contribution < 1.29 is 5.11 Å². The second-order valence-corrected chi connectivity index (χ2v) is 11.5. The fraction of sp³-hybridized carbons (Fsp3) is 1.00. The van der Waals surface area contributed by atoms with E-state index < -0.39 is 18.1 Å². The van der Waals surface area contributed by atoms with Crippen LogP contribution in [0.15, 0.2) is 0 Å². The minimum absolute atomic E-state index is 0.586. The van der Waals surface area contributed by atoms with Crippen LogP contribution in [0.5, 0.6) is 0 Å². The number of rotatable bonds is 4.